The van der Waals surface area contributed by atoms with Crippen LogP contribution in [0.5, 0.6) is 0 Å². The van der Waals surface area contributed by atoms with Crippen LogP contribution in [-0.4, -0.2) is 52.9 Å². The van der Waals surface area contributed by atoms with Crippen LogP contribution in [0.3, 0.4) is 0 Å². The van der Waals surface area contributed by atoms with Crippen molar-refractivity contribution in [1.82, 2.24) is 9.55 Å². The van der Waals surface area contributed by atoms with Gasteiger partial charge < -0.3 is 18.9 Å². The fourth-order valence-electron chi connectivity index (χ4n) is 4.27. The molecule has 2 heterocycles. The standard InChI is InChI=1S/C29H28N2O8/c1-4-36-28(34)25-26(20-11-7-5-8-12-20)30-29(35)31(27(25)21-13-9-6-10-14-21)24-16-15-22(38-19(3)33)23(39-24)17-37-18(2)32/h5-16,22-24H,4,17H2,1-3H3/t22-,23+,24-/m0/s1. The summed E-state index contributed by atoms with van der Waals surface area (Å²) in [6.45, 7) is 4.05. The van der Waals surface area contributed by atoms with Gasteiger partial charge in [-0.05, 0) is 24.6 Å². The average Bonchev–Trinajstić information content (AvgIpc) is 2.92. The maximum atomic E-state index is 13.7. The van der Waals surface area contributed by atoms with Crippen molar-refractivity contribution in [3.8, 4) is 22.5 Å². The Morgan fingerprint density at radius 1 is 0.897 bits per heavy atom. The molecule has 1 aliphatic rings. The molecule has 4 rings (SSSR count). The fourth-order valence-corrected chi connectivity index (χ4v) is 4.27. The Hall–Kier alpha value is -4.57. The van der Waals surface area contributed by atoms with Gasteiger partial charge in [-0.3, -0.25) is 14.2 Å². The summed E-state index contributed by atoms with van der Waals surface area (Å²) in [5.74, 6) is -1.77. The summed E-state index contributed by atoms with van der Waals surface area (Å²) in [4.78, 5) is 54.6. The van der Waals surface area contributed by atoms with Gasteiger partial charge in [-0.1, -0.05) is 60.7 Å². The summed E-state index contributed by atoms with van der Waals surface area (Å²) in [6.07, 6.45) is 0.216. The molecule has 0 aliphatic carbocycles. The van der Waals surface area contributed by atoms with Gasteiger partial charge >= 0.3 is 23.6 Å². The van der Waals surface area contributed by atoms with Crippen LogP contribution in [0.25, 0.3) is 22.5 Å². The summed E-state index contributed by atoms with van der Waals surface area (Å²) in [7, 11) is 0. The SMILES string of the molecule is CCOC(=O)c1c(-c2ccccc2)nc(=O)n([C@@H]2C=C[C@H](OC(C)=O)[C@@H](COC(C)=O)O2)c1-c1ccccc1. The molecule has 1 aliphatic heterocycles. The Balaban J connectivity index is 1.95. The lowest BCUT2D eigenvalue weighted by atomic mass is 9.99. The van der Waals surface area contributed by atoms with Crippen LogP contribution >= 0.6 is 0 Å². The van der Waals surface area contributed by atoms with Gasteiger partial charge in [0.05, 0.1) is 18.0 Å². The molecule has 0 spiro atoms. The van der Waals surface area contributed by atoms with E-state index in [4.69, 9.17) is 18.9 Å². The number of ether oxygens (including phenoxy) is 4. The first-order valence-corrected chi connectivity index (χ1v) is 12.4. The minimum atomic E-state index is -1.08. The third-order valence-corrected chi connectivity index (χ3v) is 5.86. The molecule has 0 unspecified atom stereocenters. The zero-order valence-corrected chi connectivity index (χ0v) is 21.7. The Morgan fingerprint density at radius 2 is 1.54 bits per heavy atom. The number of benzene rings is 2. The largest absolute Gasteiger partial charge is 0.463 e. The number of rotatable bonds is 8. The number of carbonyl (C=O) groups is 3. The van der Waals surface area contributed by atoms with E-state index < -0.39 is 42.0 Å². The monoisotopic (exact) mass is 532 g/mol. The normalized spacial score (nSPS) is 18.3. The molecule has 0 saturated heterocycles. The maximum Gasteiger partial charge on any atom is 0.351 e. The minimum absolute atomic E-state index is 0.0875. The molecule has 3 aromatic rings. The maximum absolute atomic E-state index is 13.7. The van der Waals surface area contributed by atoms with Crippen LogP contribution in [0, 0.1) is 0 Å². The quantitative estimate of drug-likeness (QED) is 0.243. The van der Waals surface area contributed by atoms with E-state index in [9.17, 15) is 19.2 Å². The number of esters is 3. The van der Waals surface area contributed by atoms with Crippen molar-refractivity contribution in [1.29, 1.82) is 0 Å². The second kappa shape index (κ2) is 12.3. The predicted octanol–water partition coefficient (Wildman–Crippen LogP) is 3.70. The van der Waals surface area contributed by atoms with Gasteiger partial charge in [-0.25, -0.2) is 9.59 Å². The molecule has 10 nitrogen and oxygen atoms in total. The van der Waals surface area contributed by atoms with Crippen molar-refractivity contribution < 1.29 is 33.3 Å². The summed E-state index contributed by atoms with van der Waals surface area (Å²) in [6, 6.07) is 17.8. The van der Waals surface area contributed by atoms with Gasteiger partial charge in [0.2, 0.25) is 0 Å². The molecule has 0 saturated carbocycles. The van der Waals surface area contributed by atoms with Crippen molar-refractivity contribution in [2.75, 3.05) is 13.2 Å². The summed E-state index contributed by atoms with van der Waals surface area (Å²) in [5.41, 5.74) is 0.914. The highest BCUT2D eigenvalue weighted by atomic mass is 16.6. The third-order valence-electron chi connectivity index (χ3n) is 5.86. The zero-order valence-electron chi connectivity index (χ0n) is 21.7. The Bertz CT molecular complexity index is 1430. The first kappa shape index (κ1) is 27.5. The first-order valence-electron chi connectivity index (χ1n) is 12.4. The van der Waals surface area contributed by atoms with Crippen molar-refractivity contribution in [2.45, 2.75) is 39.2 Å². The van der Waals surface area contributed by atoms with E-state index in [0.717, 1.165) is 0 Å². The summed E-state index contributed by atoms with van der Waals surface area (Å²) >= 11 is 0. The van der Waals surface area contributed by atoms with Crippen LogP contribution in [0.4, 0.5) is 0 Å². The number of aromatic nitrogens is 2. The average molecular weight is 533 g/mol. The Kier molecular flexibility index (Phi) is 8.67. The van der Waals surface area contributed by atoms with E-state index in [2.05, 4.69) is 4.98 Å². The van der Waals surface area contributed by atoms with Crippen LogP contribution in [0.15, 0.2) is 77.6 Å². The highest BCUT2D eigenvalue weighted by molar-refractivity contribution is 6.02. The van der Waals surface area contributed by atoms with Crippen LogP contribution < -0.4 is 5.69 Å². The third kappa shape index (κ3) is 6.29. The van der Waals surface area contributed by atoms with E-state index in [0.29, 0.717) is 11.1 Å². The van der Waals surface area contributed by atoms with Gasteiger partial charge in [-0.15, -0.1) is 0 Å². The molecular formula is C29H28N2O8. The molecule has 0 N–H and O–H groups in total. The van der Waals surface area contributed by atoms with Crippen molar-refractivity contribution >= 4 is 17.9 Å². The van der Waals surface area contributed by atoms with E-state index >= 15 is 0 Å². The second-order valence-electron chi connectivity index (χ2n) is 8.62. The van der Waals surface area contributed by atoms with Crippen molar-refractivity contribution in [3.63, 3.8) is 0 Å². The van der Waals surface area contributed by atoms with Crippen LogP contribution in [0.1, 0.15) is 37.4 Å². The molecule has 0 fully saturated rings. The summed E-state index contributed by atoms with van der Waals surface area (Å²) < 4.78 is 23.3. The first-order chi connectivity index (χ1) is 18.8. The minimum Gasteiger partial charge on any atom is -0.463 e. The van der Waals surface area contributed by atoms with E-state index in [1.807, 2.05) is 12.1 Å². The molecule has 3 atom stereocenters. The smallest absolute Gasteiger partial charge is 0.351 e. The highest BCUT2D eigenvalue weighted by Crippen LogP contribution is 2.34. The van der Waals surface area contributed by atoms with Gasteiger partial charge in [0, 0.05) is 19.4 Å². The molecule has 2 aromatic carbocycles. The number of hydrogen-bond acceptors (Lipinski definition) is 9. The van der Waals surface area contributed by atoms with Crippen LogP contribution in [-0.2, 0) is 28.5 Å². The van der Waals surface area contributed by atoms with Crippen LogP contribution in [0.2, 0.25) is 0 Å². The highest BCUT2D eigenvalue weighted by Gasteiger charge is 2.35. The van der Waals surface area contributed by atoms with E-state index in [-0.39, 0.29) is 30.2 Å². The molecule has 0 amide bonds. The molecular weight excluding hydrogens is 504 g/mol. The van der Waals surface area contributed by atoms with Gasteiger partial charge in [0.15, 0.2) is 6.23 Å². The number of hydrogen-bond donors (Lipinski definition) is 0. The molecule has 10 heteroatoms. The lowest BCUT2D eigenvalue weighted by molar-refractivity contribution is -0.168. The molecule has 1 aromatic heterocycles. The number of carbonyl (C=O) groups excluding carboxylic acids is 3. The van der Waals surface area contributed by atoms with Gasteiger partial charge in [0.25, 0.3) is 0 Å². The summed E-state index contributed by atoms with van der Waals surface area (Å²) in [5, 5.41) is 0. The van der Waals surface area contributed by atoms with Gasteiger partial charge in [-0.2, -0.15) is 4.98 Å². The second-order valence-corrected chi connectivity index (χ2v) is 8.62. The molecule has 202 valence electrons. The fraction of sp³-hybridized carbons (Fsp3) is 0.276. The zero-order chi connectivity index (χ0) is 27.9. The molecule has 39 heavy (non-hydrogen) atoms. The lowest BCUT2D eigenvalue weighted by Crippen LogP contribution is -2.43. The topological polar surface area (TPSA) is 123 Å². The Morgan fingerprint density at radius 3 is 2.13 bits per heavy atom. The van der Waals surface area contributed by atoms with E-state index in [1.54, 1.807) is 61.5 Å². The number of nitrogens with zero attached hydrogens (tertiary/aromatic N) is 2. The lowest BCUT2D eigenvalue weighted by Gasteiger charge is -2.33. The Labute approximate surface area is 224 Å². The van der Waals surface area contributed by atoms with E-state index in [1.165, 1.54) is 24.5 Å². The molecule has 0 bridgehead atoms. The van der Waals surface area contributed by atoms with Crippen molar-refractivity contribution in [3.05, 3.63) is 88.9 Å². The van der Waals surface area contributed by atoms with Crippen molar-refractivity contribution in [2.24, 2.45) is 0 Å². The van der Waals surface area contributed by atoms with Gasteiger partial charge in [0.1, 0.15) is 24.4 Å². The predicted molar refractivity (Wildman–Crippen MR) is 141 cm³/mol. The molecule has 0 radical (unpaired) electrons.